The number of rotatable bonds is 1. The second kappa shape index (κ2) is 3.77. The molecule has 1 aliphatic rings. The molecular formula is C7H5Br2. The Kier molecular flexibility index (Phi) is 3.27. The smallest absolute Gasteiger partial charge is 0.0555 e. The van der Waals surface area contributed by atoms with Crippen LogP contribution in [0.2, 0.25) is 0 Å². The molecule has 47 valence electrons. The molecule has 5 radical (unpaired) electrons. The third kappa shape index (κ3) is 2.85. The third-order valence-corrected chi connectivity index (χ3v) is 1.42. The van der Waals surface area contributed by atoms with Crippen molar-refractivity contribution >= 4 is 31.9 Å². The van der Waals surface area contributed by atoms with Crippen LogP contribution in [0.5, 0.6) is 0 Å². The molecule has 0 spiro atoms. The molecule has 1 rings (SSSR count). The van der Waals surface area contributed by atoms with Gasteiger partial charge in [-0.15, -0.1) is 0 Å². The summed E-state index contributed by atoms with van der Waals surface area (Å²) >= 11 is 6.55. The molecule has 9 heavy (non-hydrogen) atoms. The van der Waals surface area contributed by atoms with Crippen LogP contribution >= 0.6 is 31.9 Å². The van der Waals surface area contributed by atoms with Crippen molar-refractivity contribution in [3.05, 3.63) is 41.1 Å². The van der Waals surface area contributed by atoms with Crippen LogP contribution in [0.15, 0.2) is 9.47 Å². The summed E-state index contributed by atoms with van der Waals surface area (Å²) in [4.78, 5) is 0. The first-order chi connectivity index (χ1) is 4.29. The summed E-state index contributed by atoms with van der Waals surface area (Å²) in [6.45, 7) is 0. The lowest BCUT2D eigenvalue weighted by molar-refractivity contribution is 1.38. The quantitative estimate of drug-likeness (QED) is 0.669. The van der Waals surface area contributed by atoms with Gasteiger partial charge in [-0.05, 0) is 57.5 Å². The lowest BCUT2D eigenvalue weighted by Crippen LogP contribution is -1.83. The Morgan fingerprint density at radius 2 is 1.78 bits per heavy atom. The molecule has 0 N–H and O–H groups in total. The predicted molar refractivity (Wildman–Crippen MR) is 46.4 cm³/mol. The minimum atomic E-state index is 0.973. The largest absolute Gasteiger partial charge is 0.0570 e. The van der Waals surface area contributed by atoms with Crippen molar-refractivity contribution in [2.45, 2.75) is 0 Å². The minimum absolute atomic E-state index is 0.973. The maximum atomic E-state index is 3.27. The fourth-order valence-corrected chi connectivity index (χ4v) is 1.14. The fraction of sp³-hybridized carbons (Fsp3) is 0. The second-order valence-corrected chi connectivity index (χ2v) is 4.43. The molecule has 0 aromatic rings. The van der Waals surface area contributed by atoms with Crippen LogP contribution in [0, 0.1) is 31.6 Å². The Balaban J connectivity index is 2.35. The highest BCUT2D eigenvalue weighted by Gasteiger charge is 2.13. The Morgan fingerprint density at radius 3 is 2.22 bits per heavy atom. The number of hydrogen-bond acceptors (Lipinski definition) is 0. The molecule has 0 nitrogen and oxygen atoms in total. The Labute approximate surface area is 73.0 Å². The van der Waals surface area contributed by atoms with Gasteiger partial charge in [-0.25, -0.2) is 0 Å². The maximum Gasteiger partial charge on any atom is 0.0570 e. The third-order valence-electron chi connectivity index (χ3n) is 0.964. The zero-order valence-corrected chi connectivity index (χ0v) is 7.81. The molecular weight excluding hydrogens is 244 g/mol. The van der Waals surface area contributed by atoms with E-state index in [2.05, 4.69) is 31.9 Å². The summed E-state index contributed by atoms with van der Waals surface area (Å²) in [6.07, 6.45) is 10.1. The van der Waals surface area contributed by atoms with Gasteiger partial charge in [0.15, 0.2) is 0 Å². The molecule has 0 heterocycles. The monoisotopic (exact) mass is 247 g/mol. The van der Waals surface area contributed by atoms with E-state index in [-0.39, 0.29) is 0 Å². The lowest BCUT2D eigenvalue weighted by atomic mass is 10.1. The van der Waals surface area contributed by atoms with Crippen LogP contribution in [-0.4, -0.2) is 0 Å². The van der Waals surface area contributed by atoms with Gasteiger partial charge in [0.05, 0.1) is 3.39 Å². The van der Waals surface area contributed by atoms with Crippen LogP contribution in [0.4, 0.5) is 0 Å². The van der Waals surface area contributed by atoms with Gasteiger partial charge in [0.25, 0.3) is 0 Å². The summed E-state index contributed by atoms with van der Waals surface area (Å²) in [6, 6.07) is 0. The van der Waals surface area contributed by atoms with Gasteiger partial charge in [-0.3, -0.25) is 0 Å². The fourth-order valence-electron chi connectivity index (χ4n) is 0.611. The van der Waals surface area contributed by atoms with E-state index in [1.54, 1.807) is 0 Å². The van der Waals surface area contributed by atoms with Crippen LogP contribution in [-0.2, 0) is 0 Å². The zero-order chi connectivity index (χ0) is 6.69. The maximum absolute atomic E-state index is 3.27. The van der Waals surface area contributed by atoms with Gasteiger partial charge in [0.2, 0.25) is 0 Å². The highest BCUT2D eigenvalue weighted by atomic mass is 79.9. The second-order valence-electron chi connectivity index (χ2n) is 1.65. The van der Waals surface area contributed by atoms with Crippen molar-refractivity contribution in [3.8, 4) is 0 Å². The average molecular weight is 249 g/mol. The summed E-state index contributed by atoms with van der Waals surface area (Å²) in [5, 5.41) is 0. The minimum Gasteiger partial charge on any atom is -0.0555 e. The van der Waals surface area contributed by atoms with E-state index < -0.39 is 0 Å². The topological polar surface area (TPSA) is 0 Å². The Morgan fingerprint density at radius 1 is 1.22 bits per heavy atom. The summed E-state index contributed by atoms with van der Waals surface area (Å²) in [5.74, 6) is 1.21. The molecule has 1 saturated carbocycles. The van der Waals surface area contributed by atoms with Gasteiger partial charge in [-0.1, -0.05) is 6.08 Å². The van der Waals surface area contributed by atoms with Crippen molar-refractivity contribution < 1.29 is 0 Å². The summed E-state index contributed by atoms with van der Waals surface area (Å²) in [5.41, 5.74) is 0. The van der Waals surface area contributed by atoms with E-state index in [1.165, 1.54) is 5.92 Å². The molecule has 0 atom stereocenters. The summed E-state index contributed by atoms with van der Waals surface area (Å²) in [7, 11) is 0. The van der Waals surface area contributed by atoms with Crippen LogP contribution < -0.4 is 0 Å². The van der Waals surface area contributed by atoms with Gasteiger partial charge in [0.1, 0.15) is 0 Å². The molecule has 1 fully saturated rings. The van der Waals surface area contributed by atoms with E-state index in [0.717, 1.165) is 3.39 Å². The van der Waals surface area contributed by atoms with Crippen molar-refractivity contribution in [1.82, 2.24) is 0 Å². The highest BCUT2D eigenvalue weighted by Crippen LogP contribution is 2.28. The zero-order valence-electron chi connectivity index (χ0n) is 4.64. The SMILES string of the molecule is BrC(Br)=C[C]1[CH][CH][CH][CH]1. The molecule has 0 bridgehead atoms. The standard InChI is InChI=1S/C7H5Br2/c8-7(9)5-6-3-1-2-4-6/h1-5H. The molecule has 0 aliphatic heterocycles. The van der Waals surface area contributed by atoms with E-state index in [9.17, 15) is 0 Å². The molecule has 0 unspecified atom stereocenters. The van der Waals surface area contributed by atoms with Gasteiger partial charge < -0.3 is 0 Å². The Hall–Kier alpha value is 0.700. The number of halogens is 2. The van der Waals surface area contributed by atoms with Gasteiger partial charge in [-0.2, -0.15) is 0 Å². The average Bonchev–Trinajstić information content (AvgIpc) is 2.15. The van der Waals surface area contributed by atoms with Crippen LogP contribution in [0.1, 0.15) is 0 Å². The van der Waals surface area contributed by atoms with Crippen molar-refractivity contribution in [3.63, 3.8) is 0 Å². The van der Waals surface area contributed by atoms with Crippen molar-refractivity contribution in [2.24, 2.45) is 0 Å². The van der Waals surface area contributed by atoms with Crippen LogP contribution in [0.3, 0.4) is 0 Å². The molecule has 1 aliphatic carbocycles. The summed E-state index contributed by atoms with van der Waals surface area (Å²) < 4.78 is 0.973. The van der Waals surface area contributed by atoms with E-state index in [1.807, 2.05) is 31.8 Å². The first kappa shape index (κ1) is 7.80. The number of allylic oxidation sites excluding steroid dienone is 1. The normalized spacial score (nSPS) is 20.2. The van der Waals surface area contributed by atoms with Gasteiger partial charge >= 0.3 is 0 Å². The van der Waals surface area contributed by atoms with Crippen molar-refractivity contribution in [2.75, 3.05) is 0 Å². The number of hydrogen-bond donors (Lipinski definition) is 0. The van der Waals surface area contributed by atoms with E-state index in [4.69, 9.17) is 0 Å². The lowest BCUT2D eigenvalue weighted by Gasteiger charge is -1.96. The van der Waals surface area contributed by atoms with Crippen molar-refractivity contribution in [1.29, 1.82) is 0 Å². The highest BCUT2D eigenvalue weighted by molar-refractivity contribution is 9.28. The first-order valence-corrected chi connectivity index (χ1v) is 4.12. The van der Waals surface area contributed by atoms with Gasteiger partial charge in [0, 0.05) is 5.92 Å². The molecule has 0 aromatic heterocycles. The van der Waals surface area contributed by atoms with E-state index in [0.29, 0.717) is 0 Å². The molecule has 0 aromatic carbocycles. The molecule has 0 amide bonds. The Bertz CT molecular complexity index is 108. The molecule has 0 saturated heterocycles. The van der Waals surface area contributed by atoms with Crippen LogP contribution in [0.25, 0.3) is 0 Å². The first-order valence-electron chi connectivity index (χ1n) is 2.53. The van der Waals surface area contributed by atoms with E-state index >= 15 is 0 Å². The predicted octanol–water partition coefficient (Wildman–Crippen LogP) is 3.02. The molecule has 2 heteroatoms.